The van der Waals surface area contributed by atoms with E-state index < -0.39 is 0 Å². The zero-order chi connectivity index (χ0) is 21.5. The molecule has 0 aliphatic carbocycles. The van der Waals surface area contributed by atoms with E-state index in [1.807, 2.05) is 7.05 Å². The summed E-state index contributed by atoms with van der Waals surface area (Å²) < 4.78 is 24.4. The summed E-state index contributed by atoms with van der Waals surface area (Å²) in [4.78, 5) is 0. The highest BCUT2D eigenvalue weighted by atomic mass is 16.5. The number of likely N-dealkylation sites (N-methyl/N-ethyl adjacent to an activating group) is 1. The predicted molar refractivity (Wildman–Crippen MR) is 122 cm³/mol. The summed E-state index contributed by atoms with van der Waals surface area (Å²) in [5.74, 6) is 2.06. The van der Waals surface area contributed by atoms with Crippen molar-refractivity contribution in [1.82, 2.24) is 10.6 Å². The van der Waals surface area contributed by atoms with Crippen LogP contribution >= 0.6 is 0 Å². The number of rotatable bonds is 6. The fourth-order valence-corrected chi connectivity index (χ4v) is 5.84. The molecule has 0 amide bonds. The molecule has 0 fully saturated rings. The monoisotopic (exact) mass is 436 g/mol. The highest BCUT2D eigenvalue weighted by Crippen LogP contribution is 2.40. The van der Waals surface area contributed by atoms with E-state index in [-0.39, 0.29) is 18.3 Å². The third-order valence-electron chi connectivity index (χ3n) is 7.26. The van der Waals surface area contributed by atoms with Gasteiger partial charge in [-0.3, -0.25) is 0 Å². The number of fused-ring (bicyclic) bond motifs is 6. The average Bonchev–Trinajstić information content (AvgIpc) is 3.46. The molecular formula is C26H32N2O4. The zero-order valence-corrected chi connectivity index (χ0v) is 18.7. The first-order chi connectivity index (χ1) is 15.8. The van der Waals surface area contributed by atoms with Crippen LogP contribution in [0.25, 0.3) is 0 Å². The third kappa shape index (κ3) is 3.59. The van der Waals surface area contributed by atoms with E-state index in [1.165, 1.54) is 33.4 Å². The lowest BCUT2D eigenvalue weighted by Gasteiger charge is -2.28. The quantitative estimate of drug-likeness (QED) is 0.726. The summed E-state index contributed by atoms with van der Waals surface area (Å²) in [7, 11) is 1.98. The highest BCUT2D eigenvalue weighted by molar-refractivity contribution is 5.51. The molecule has 2 aromatic carbocycles. The normalized spacial score (nSPS) is 25.3. The van der Waals surface area contributed by atoms with Crippen molar-refractivity contribution in [2.75, 3.05) is 46.5 Å². The molecule has 6 heteroatoms. The van der Waals surface area contributed by atoms with Gasteiger partial charge in [-0.1, -0.05) is 12.1 Å². The van der Waals surface area contributed by atoms with Gasteiger partial charge in [0.15, 0.2) is 0 Å². The van der Waals surface area contributed by atoms with Crippen LogP contribution in [0.3, 0.4) is 0 Å². The van der Waals surface area contributed by atoms with Crippen LogP contribution in [0.4, 0.5) is 0 Å². The fourth-order valence-electron chi connectivity index (χ4n) is 5.84. The molecule has 6 rings (SSSR count). The maximum Gasteiger partial charge on any atom is 0.123 e. The smallest absolute Gasteiger partial charge is 0.123 e. The van der Waals surface area contributed by atoms with Gasteiger partial charge < -0.3 is 29.6 Å². The molecule has 0 spiro atoms. The Kier molecular flexibility index (Phi) is 5.55. The summed E-state index contributed by atoms with van der Waals surface area (Å²) >= 11 is 0. The maximum absolute atomic E-state index is 6.33. The second-order valence-corrected chi connectivity index (χ2v) is 9.21. The number of ether oxygens (including phenoxy) is 4. The SMILES string of the molecule is CNC[C@@H]1OCCc2ccc3c(c21)CC(CNC[C@H]1OCCc2ccc4c(c21)CCO4)O3. The van der Waals surface area contributed by atoms with Gasteiger partial charge in [-0.15, -0.1) is 0 Å². The first-order valence-corrected chi connectivity index (χ1v) is 12.0. The summed E-state index contributed by atoms with van der Waals surface area (Å²) in [6.45, 7) is 4.79. The fraction of sp³-hybridized carbons (Fsp3) is 0.538. The second-order valence-electron chi connectivity index (χ2n) is 9.21. The summed E-state index contributed by atoms with van der Waals surface area (Å²) in [6, 6.07) is 8.73. The van der Waals surface area contributed by atoms with Gasteiger partial charge in [-0.25, -0.2) is 0 Å². The van der Waals surface area contributed by atoms with E-state index in [2.05, 4.69) is 34.9 Å². The second kappa shape index (κ2) is 8.67. The molecule has 4 aliphatic heterocycles. The van der Waals surface area contributed by atoms with Crippen molar-refractivity contribution < 1.29 is 18.9 Å². The molecule has 0 aromatic heterocycles. The van der Waals surface area contributed by atoms with E-state index in [4.69, 9.17) is 18.9 Å². The Morgan fingerprint density at radius 2 is 1.50 bits per heavy atom. The van der Waals surface area contributed by atoms with Gasteiger partial charge >= 0.3 is 0 Å². The van der Waals surface area contributed by atoms with Crippen LogP contribution in [-0.2, 0) is 35.2 Å². The van der Waals surface area contributed by atoms with Gasteiger partial charge in [0.1, 0.15) is 17.6 Å². The van der Waals surface area contributed by atoms with Crippen molar-refractivity contribution >= 4 is 0 Å². The van der Waals surface area contributed by atoms with Gasteiger partial charge in [-0.05, 0) is 54.3 Å². The van der Waals surface area contributed by atoms with E-state index in [9.17, 15) is 0 Å². The molecule has 0 saturated carbocycles. The lowest BCUT2D eigenvalue weighted by atomic mass is 9.90. The third-order valence-corrected chi connectivity index (χ3v) is 7.26. The number of hydrogen-bond donors (Lipinski definition) is 2. The molecule has 0 radical (unpaired) electrons. The Labute approximate surface area is 189 Å². The van der Waals surface area contributed by atoms with Crippen molar-refractivity contribution in [3.05, 3.63) is 57.6 Å². The minimum Gasteiger partial charge on any atom is -0.493 e. The van der Waals surface area contributed by atoms with Crippen molar-refractivity contribution in [3.63, 3.8) is 0 Å². The van der Waals surface area contributed by atoms with E-state index >= 15 is 0 Å². The van der Waals surface area contributed by atoms with Crippen molar-refractivity contribution in [2.24, 2.45) is 0 Å². The van der Waals surface area contributed by atoms with Crippen LogP contribution in [0, 0.1) is 0 Å². The predicted octanol–water partition coefficient (Wildman–Crippen LogP) is 2.66. The van der Waals surface area contributed by atoms with Crippen LogP contribution in [0.15, 0.2) is 24.3 Å². The summed E-state index contributed by atoms with van der Waals surface area (Å²) in [5.41, 5.74) is 8.22. The Morgan fingerprint density at radius 1 is 0.781 bits per heavy atom. The van der Waals surface area contributed by atoms with Crippen LogP contribution in [0.2, 0.25) is 0 Å². The molecule has 170 valence electrons. The zero-order valence-electron chi connectivity index (χ0n) is 18.7. The summed E-state index contributed by atoms with van der Waals surface area (Å²) in [6.07, 6.45) is 4.23. The van der Waals surface area contributed by atoms with Gasteiger partial charge in [-0.2, -0.15) is 0 Å². The molecule has 2 N–H and O–H groups in total. The molecular weight excluding hydrogens is 404 g/mol. The first kappa shape index (κ1) is 20.5. The molecule has 0 saturated heterocycles. The van der Waals surface area contributed by atoms with Gasteiger partial charge in [0, 0.05) is 43.6 Å². The Bertz CT molecular complexity index is 1010. The van der Waals surface area contributed by atoms with Crippen LogP contribution < -0.4 is 20.1 Å². The standard InChI is InChI=1S/C26H32N2O4/c1-27-14-23-26-17(7-9-30-23)3-5-22-20(26)12-18(32-22)13-28-15-24-25-16(6-10-31-24)2-4-21-19(25)8-11-29-21/h2-5,18,23-24,27-28H,6-15H2,1H3/t18?,23-,24+/m0/s1. The Hall–Kier alpha value is -2.12. The maximum atomic E-state index is 6.33. The van der Waals surface area contributed by atoms with Crippen molar-refractivity contribution in [3.8, 4) is 11.5 Å². The highest BCUT2D eigenvalue weighted by Gasteiger charge is 2.33. The van der Waals surface area contributed by atoms with Crippen LogP contribution in [0.1, 0.15) is 45.6 Å². The Morgan fingerprint density at radius 3 is 2.28 bits per heavy atom. The molecule has 4 heterocycles. The first-order valence-electron chi connectivity index (χ1n) is 12.0. The van der Waals surface area contributed by atoms with Crippen molar-refractivity contribution in [2.45, 2.75) is 44.0 Å². The van der Waals surface area contributed by atoms with Crippen LogP contribution in [-0.4, -0.2) is 52.6 Å². The molecule has 3 atom stereocenters. The number of benzene rings is 2. The van der Waals surface area contributed by atoms with Gasteiger partial charge in [0.05, 0.1) is 32.0 Å². The molecule has 32 heavy (non-hydrogen) atoms. The number of nitrogens with one attached hydrogen (secondary N) is 2. The van der Waals surface area contributed by atoms with E-state index in [0.29, 0.717) is 0 Å². The minimum absolute atomic E-state index is 0.0837. The van der Waals surface area contributed by atoms with Crippen molar-refractivity contribution in [1.29, 1.82) is 0 Å². The number of hydrogen-bond acceptors (Lipinski definition) is 6. The molecule has 4 aliphatic rings. The van der Waals surface area contributed by atoms with Gasteiger partial charge in [0.2, 0.25) is 0 Å². The Balaban J connectivity index is 1.13. The lowest BCUT2D eigenvalue weighted by Crippen LogP contribution is -2.35. The van der Waals surface area contributed by atoms with Gasteiger partial charge in [0.25, 0.3) is 0 Å². The molecule has 1 unspecified atom stereocenters. The molecule has 6 nitrogen and oxygen atoms in total. The molecule has 2 aromatic rings. The summed E-state index contributed by atoms with van der Waals surface area (Å²) in [5, 5.41) is 6.92. The van der Waals surface area contributed by atoms with Crippen LogP contribution in [0.5, 0.6) is 11.5 Å². The van der Waals surface area contributed by atoms with E-state index in [0.717, 1.165) is 76.6 Å². The average molecular weight is 437 g/mol. The lowest BCUT2D eigenvalue weighted by molar-refractivity contribution is 0.0405. The molecule has 0 bridgehead atoms. The van der Waals surface area contributed by atoms with E-state index in [1.54, 1.807) is 0 Å². The minimum atomic E-state index is 0.0837. The largest absolute Gasteiger partial charge is 0.493 e. The topological polar surface area (TPSA) is 61.0 Å².